The fourth-order valence-electron chi connectivity index (χ4n) is 2.35. The molecule has 1 aliphatic rings. The molecule has 1 aliphatic carbocycles. The molecule has 0 aliphatic heterocycles. The van der Waals surface area contributed by atoms with Crippen LogP contribution in [0.4, 0.5) is 0 Å². The summed E-state index contributed by atoms with van der Waals surface area (Å²) in [5, 5.41) is 22.3. The summed E-state index contributed by atoms with van der Waals surface area (Å²) in [5.41, 5.74) is 0.316. The zero-order valence-electron chi connectivity index (χ0n) is 10.1. The minimum Gasteiger partial charge on any atom is -0.396 e. The molecule has 104 valence electrons. The molecule has 3 N–H and O–H groups in total. The molecular formula is C13H15Cl2NO3. The third-order valence-corrected chi connectivity index (χ3v) is 3.96. The molecular weight excluding hydrogens is 289 g/mol. The summed E-state index contributed by atoms with van der Waals surface area (Å²) < 4.78 is 0. The van der Waals surface area contributed by atoms with E-state index in [0.717, 1.165) is 0 Å². The van der Waals surface area contributed by atoms with E-state index in [4.69, 9.17) is 28.3 Å². The largest absolute Gasteiger partial charge is 0.396 e. The topological polar surface area (TPSA) is 69.6 Å². The molecule has 1 saturated carbocycles. The van der Waals surface area contributed by atoms with Gasteiger partial charge in [-0.3, -0.25) is 4.79 Å². The number of hydrogen-bond acceptors (Lipinski definition) is 3. The Morgan fingerprint density at radius 1 is 1.37 bits per heavy atom. The molecule has 1 aromatic carbocycles. The van der Waals surface area contributed by atoms with Crippen molar-refractivity contribution in [1.29, 1.82) is 0 Å². The third-order valence-electron chi connectivity index (χ3n) is 3.40. The molecule has 0 aromatic heterocycles. The van der Waals surface area contributed by atoms with E-state index in [2.05, 4.69) is 5.32 Å². The predicted octanol–water partition coefficient (Wildman–Crippen LogP) is 1.85. The number of rotatable bonds is 3. The molecule has 2 rings (SSSR count). The van der Waals surface area contributed by atoms with Crippen LogP contribution < -0.4 is 5.32 Å². The number of aliphatic hydroxyl groups is 2. The van der Waals surface area contributed by atoms with Crippen LogP contribution in [0.1, 0.15) is 23.2 Å². The number of nitrogens with one attached hydrogen (secondary N) is 1. The van der Waals surface area contributed by atoms with E-state index in [1.807, 2.05) is 0 Å². The highest BCUT2D eigenvalue weighted by molar-refractivity contribution is 6.35. The Labute approximate surface area is 121 Å². The Hall–Kier alpha value is -0.810. The maximum Gasteiger partial charge on any atom is 0.253 e. The van der Waals surface area contributed by atoms with Crippen LogP contribution in [-0.2, 0) is 0 Å². The first kappa shape index (κ1) is 14.6. The first-order valence-corrected chi connectivity index (χ1v) is 6.81. The zero-order valence-corrected chi connectivity index (χ0v) is 11.7. The van der Waals surface area contributed by atoms with Gasteiger partial charge in [0.05, 0.1) is 16.7 Å². The van der Waals surface area contributed by atoms with E-state index in [0.29, 0.717) is 28.5 Å². The molecule has 0 unspecified atom stereocenters. The molecule has 1 fully saturated rings. The average Bonchev–Trinajstić information content (AvgIpc) is 2.72. The molecule has 3 atom stereocenters. The summed E-state index contributed by atoms with van der Waals surface area (Å²) >= 11 is 11.8. The van der Waals surface area contributed by atoms with Crippen LogP contribution in [0, 0.1) is 5.92 Å². The summed E-state index contributed by atoms with van der Waals surface area (Å²) in [6.45, 7) is -0.0779. The van der Waals surface area contributed by atoms with Crippen LogP contribution in [0.3, 0.4) is 0 Å². The van der Waals surface area contributed by atoms with E-state index in [1.54, 1.807) is 12.1 Å². The van der Waals surface area contributed by atoms with Crippen molar-refractivity contribution in [2.45, 2.75) is 25.0 Å². The maximum absolute atomic E-state index is 12.1. The number of carbonyl (C=O) groups excluding carboxylic acids is 1. The van der Waals surface area contributed by atoms with Gasteiger partial charge in [0, 0.05) is 23.6 Å². The van der Waals surface area contributed by atoms with Gasteiger partial charge in [-0.25, -0.2) is 0 Å². The smallest absolute Gasteiger partial charge is 0.253 e. The summed E-state index contributed by atoms with van der Waals surface area (Å²) in [6, 6.07) is 4.53. The van der Waals surface area contributed by atoms with Gasteiger partial charge in [0.2, 0.25) is 0 Å². The van der Waals surface area contributed by atoms with E-state index in [-0.39, 0.29) is 24.5 Å². The quantitative estimate of drug-likeness (QED) is 0.798. The number of hydrogen-bond donors (Lipinski definition) is 3. The summed E-state index contributed by atoms with van der Waals surface area (Å²) in [6.07, 6.45) is 0.418. The van der Waals surface area contributed by atoms with Crippen LogP contribution in [-0.4, -0.2) is 34.9 Å². The lowest BCUT2D eigenvalue weighted by atomic mass is 10.1. The highest BCUT2D eigenvalue weighted by Crippen LogP contribution is 2.27. The number of aliphatic hydroxyl groups excluding tert-OH is 2. The monoisotopic (exact) mass is 303 g/mol. The van der Waals surface area contributed by atoms with E-state index in [9.17, 15) is 9.90 Å². The highest BCUT2D eigenvalue weighted by Gasteiger charge is 2.33. The van der Waals surface area contributed by atoms with E-state index in [1.165, 1.54) is 6.07 Å². The molecule has 6 heteroatoms. The Morgan fingerprint density at radius 3 is 2.74 bits per heavy atom. The van der Waals surface area contributed by atoms with Crippen molar-refractivity contribution in [1.82, 2.24) is 5.32 Å². The standard InChI is InChI=1S/C13H15Cl2NO3/c14-8-1-2-11(15)10(4-8)13(19)16-9-3-7(6-17)12(18)5-9/h1-2,4,7,9,12,17-18H,3,5-6H2,(H,16,19)/t7-,9-,12-/m1/s1. The first-order chi connectivity index (χ1) is 9.01. The maximum atomic E-state index is 12.1. The second-order valence-electron chi connectivity index (χ2n) is 4.78. The molecule has 1 amide bonds. The third kappa shape index (κ3) is 3.39. The second-order valence-corrected chi connectivity index (χ2v) is 5.62. The van der Waals surface area contributed by atoms with Crippen molar-refractivity contribution in [2.24, 2.45) is 5.92 Å². The van der Waals surface area contributed by atoms with Crippen molar-refractivity contribution >= 4 is 29.1 Å². The van der Waals surface area contributed by atoms with Gasteiger partial charge >= 0.3 is 0 Å². The van der Waals surface area contributed by atoms with Crippen molar-refractivity contribution < 1.29 is 15.0 Å². The van der Waals surface area contributed by atoms with Crippen LogP contribution in [0.5, 0.6) is 0 Å². The first-order valence-electron chi connectivity index (χ1n) is 6.06. The fraction of sp³-hybridized carbons (Fsp3) is 0.462. The lowest BCUT2D eigenvalue weighted by Crippen LogP contribution is -2.33. The molecule has 1 aromatic rings. The van der Waals surface area contributed by atoms with Crippen LogP contribution in [0.2, 0.25) is 10.0 Å². The Balaban J connectivity index is 2.04. The minimum absolute atomic E-state index is 0.0779. The van der Waals surface area contributed by atoms with E-state index >= 15 is 0 Å². The Kier molecular flexibility index (Phi) is 4.68. The molecule has 0 bridgehead atoms. The van der Waals surface area contributed by atoms with Gasteiger partial charge in [-0.1, -0.05) is 23.2 Å². The van der Waals surface area contributed by atoms with Crippen molar-refractivity contribution in [3.8, 4) is 0 Å². The number of amides is 1. The average molecular weight is 304 g/mol. The van der Waals surface area contributed by atoms with Gasteiger partial charge < -0.3 is 15.5 Å². The van der Waals surface area contributed by atoms with Crippen molar-refractivity contribution in [2.75, 3.05) is 6.61 Å². The van der Waals surface area contributed by atoms with Crippen LogP contribution >= 0.6 is 23.2 Å². The van der Waals surface area contributed by atoms with Gasteiger partial charge in [0.15, 0.2) is 0 Å². The number of carbonyl (C=O) groups is 1. The lowest BCUT2D eigenvalue weighted by Gasteiger charge is -2.13. The van der Waals surface area contributed by atoms with Gasteiger partial charge in [-0.05, 0) is 31.0 Å². The van der Waals surface area contributed by atoms with Crippen molar-refractivity contribution in [3.05, 3.63) is 33.8 Å². The fourth-order valence-corrected chi connectivity index (χ4v) is 2.73. The second kappa shape index (κ2) is 6.09. The van der Waals surface area contributed by atoms with Crippen LogP contribution in [0.15, 0.2) is 18.2 Å². The SMILES string of the molecule is O=C(N[C@@H]1C[C@H](CO)[C@H](O)C1)c1cc(Cl)ccc1Cl. The van der Waals surface area contributed by atoms with Crippen molar-refractivity contribution in [3.63, 3.8) is 0 Å². The highest BCUT2D eigenvalue weighted by atomic mass is 35.5. The summed E-state index contributed by atoms with van der Waals surface area (Å²) in [5.74, 6) is -0.497. The molecule has 0 radical (unpaired) electrons. The zero-order chi connectivity index (χ0) is 14.0. The molecule has 0 saturated heterocycles. The number of halogens is 2. The Bertz CT molecular complexity index is 481. The van der Waals surface area contributed by atoms with Gasteiger partial charge in [-0.15, -0.1) is 0 Å². The molecule has 19 heavy (non-hydrogen) atoms. The molecule has 4 nitrogen and oxygen atoms in total. The summed E-state index contributed by atoms with van der Waals surface area (Å²) in [7, 11) is 0. The van der Waals surface area contributed by atoms with Gasteiger partial charge in [0.1, 0.15) is 0 Å². The summed E-state index contributed by atoms with van der Waals surface area (Å²) in [4.78, 5) is 12.1. The van der Waals surface area contributed by atoms with Gasteiger partial charge in [0.25, 0.3) is 5.91 Å². The Morgan fingerprint density at radius 2 is 2.11 bits per heavy atom. The molecule has 0 spiro atoms. The minimum atomic E-state index is -0.579. The predicted molar refractivity (Wildman–Crippen MR) is 73.5 cm³/mol. The lowest BCUT2D eigenvalue weighted by molar-refractivity contribution is 0.0903. The molecule has 0 heterocycles. The normalized spacial score (nSPS) is 26.4. The number of benzene rings is 1. The van der Waals surface area contributed by atoms with Gasteiger partial charge in [-0.2, -0.15) is 0 Å². The van der Waals surface area contributed by atoms with Crippen LogP contribution in [0.25, 0.3) is 0 Å². The van der Waals surface area contributed by atoms with E-state index < -0.39 is 6.10 Å².